The number of anilines is 1. The minimum atomic E-state index is 0.170. The highest BCUT2D eigenvalue weighted by molar-refractivity contribution is 5.63. The predicted molar refractivity (Wildman–Crippen MR) is 96.7 cm³/mol. The highest BCUT2D eigenvalue weighted by Crippen LogP contribution is 2.51. The van der Waals surface area contributed by atoms with E-state index in [0.29, 0.717) is 5.92 Å². The number of methoxy groups -OCH3 is 1. The van der Waals surface area contributed by atoms with Gasteiger partial charge >= 0.3 is 0 Å². The molecule has 2 aromatic carbocycles. The Bertz CT molecular complexity index is 755. The van der Waals surface area contributed by atoms with Gasteiger partial charge in [0.15, 0.2) is 0 Å². The van der Waals surface area contributed by atoms with Gasteiger partial charge in [-0.05, 0) is 38.3 Å². The Morgan fingerprint density at radius 3 is 2.79 bits per heavy atom. The number of fused-ring (bicyclic) bond motifs is 3. The van der Waals surface area contributed by atoms with Crippen molar-refractivity contribution in [2.45, 2.75) is 38.8 Å². The Hall–Kier alpha value is -2.00. The van der Waals surface area contributed by atoms with E-state index in [1.165, 1.54) is 34.4 Å². The van der Waals surface area contributed by atoms with Gasteiger partial charge in [-0.1, -0.05) is 35.9 Å². The van der Waals surface area contributed by atoms with Gasteiger partial charge in [-0.25, -0.2) is 0 Å². The van der Waals surface area contributed by atoms with Crippen LogP contribution in [0.15, 0.2) is 36.4 Å². The molecule has 1 fully saturated rings. The summed E-state index contributed by atoms with van der Waals surface area (Å²) in [6.07, 6.45) is 2.46. The zero-order chi connectivity index (χ0) is 16.7. The Labute approximate surface area is 144 Å². The lowest BCUT2D eigenvalue weighted by molar-refractivity contribution is -0.0383. The number of para-hydroxylation sites is 1. The summed E-state index contributed by atoms with van der Waals surface area (Å²) in [6.45, 7) is 5.20. The Morgan fingerprint density at radius 1 is 1.12 bits per heavy atom. The van der Waals surface area contributed by atoms with Crippen molar-refractivity contribution in [3.05, 3.63) is 58.7 Å². The van der Waals surface area contributed by atoms with Crippen molar-refractivity contribution in [2.24, 2.45) is 5.92 Å². The zero-order valence-electron chi connectivity index (χ0n) is 14.6. The van der Waals surface area contributed by atoms with Crippen molar-refractivity contribution in [2.75, 3.05) is 19.0 Å². The molecule has 0 spiro atoms. The molecule has 2 aliphatic heterocycles. The number of hydrogen-bond donors (Lipinski definition) is 1. The highest BCUT2D eigenvalue weighted by Gasteiger charge is 2.41. The fraction of sp³-hybridized carbons (Fsp3) is 0.429. The first-order valence-electron chi connectivity index (χ1n) is 8.81. The molecule has 3 atom stereocenters. The Morgan fingerprint density at radius 2 is 1.96 bits per heavy atom. The summed E-state index contributed by atoms with van der Waals surface area (Å²) in [4.78, 5) is 0. The molecular formula is C21H25NO2. The van der Waals surface area contributed by atoms with E-state index in [9.17, 15) is 0 Å². The first kappa shape index (κ1) is 15.5. The van der Waals surface area contributed by atoms with Gasteiger partial charge in [0.2, 0.25) is 0 Å². The van der Waals surface area contributed by atoms with Crippen molar-refractivity contribution in [1.82, 2.24) is 0 Å². The summed E-state index contributed by atoms with van der Waals surface area (Å²) < 4.78 is 11.9. The van der Waals surface area contributed by atoms with Crippen molar-refractivity contribution in [3.63, 3.8) is 0 Å². The second-order valence-electron chi connectivity index (χ2n) is 7.01. The quantitative estimate of drug-likeness (QED) is 0.848. The Kier molecular flexibility index (Phi) is 3.97. The van der Waals surface area contributed by atoms with Crippen LogP contribution in [0.5, 0.6) is 5.75 Å². The van der Waals surface area contributed by atoms with E-state index in [0.717, 1.165) is 18.8 Å². The molecule has 0 unspecified atom stereocenters. The van der Waals surface area contributed by atoms with Crippen LogP contribution in [0.2, 0.25) is 0 Å². The molecule has 4 rings (SSSR count). The largest absolute Gasteiger partial charge is 0.496 e. The van der Waals surface area contributed by atoms with Gasteiger partial charge < -0.3 is 14.8 Å². The van der Waals surface area contributed by atoms with E-state index < -0.39 is 0 Å². The number of benzene rings is 2. The molecule has 2 heterocycles. The molecule has 2 aromatic rings. The van der Waals surface area contributed by atoms with Gasteiger partial charge in [0.25, 0.3) is 0 Å². The normalized spacial score (nSPS) is 25.4. The number of nitrogens with one attached hydrogen (secondary N) is 1. The standard InChI is InChI=1S/C21H25NO2/c1-13-11-14(2)19-17(12-13)21-16(8-6-10-24-21)20(22-19)15-7-4-5-9-18(15)23-3/h4-5,7,9,11-12,16,20-22H,6,8,10H2,1-3H3/t16-,20+,21-/m0/s1. The topological polar surface area (TPSA) is 30.5 Å². The van der Waals surface area contributed by atoms with E-state index in [1.54, 1.807) is 7.11 Å². The number of hydrogen-bond acceptors (Lipinski definition) is 3. The monoisotopic (exact) mass is 323 g/mol. The molecule has 3 nitrogen and oxygen atoms in total. The summed E-state index contributed by atoms with van der Waals surface area (Å²) in [5, 5.41) is 3.82. The first-order valence-corrected chi connectivity index (χ1v) is 8.81. The minimum absolute atomic E-state index is 0.170. The summed E-state index contributed by atoms with van der Waals surface area (Å²) in [5.41, 5.74) is 6.38. The highest BCUT2D eigenvalue weighted by atomic mass is 16.5. The molecule has 1 N–H and O–H groups in total. The van der Waals surface area contributed by atoms with Crippen LogP contribution in [0, 0.1) is 19.8 Å². The number of aryl methyl sites for hydroxylation is 2. The fourth-order valence-corrected chi connectivity index (χ4v) is 4.38. The third-order valence-corrected chi connectivity index (χ3v) is 5.39. The fourth-order valence-electron chi connectivity index (χ4n) is 4.38. The molecule has 0 aliphatic carbocycles. The van der Waals surface area contributed by atoms with E-state index in [2.05, 4.69) is 43.4 Å². The van der Waals surface area contributed by atoms with E-state index in [4.69, 9.17) is 9.47 Å². The predicted octanol–water partition coefficient (Wildman–Crippen LogP) is 4.95. The molecule has 0 radical (unpaired) electrons. The molecule has 0 bridgehead atoms. The Balaban J connectivity index is 1.84. The molecule has 126 valence electrons. The third-order valence-electron chi connectivity index (χ3n) is 5.39. The third kappa shape index (κ3) is 2.48. The smallest absolute Gasteiger partial charge is 0.124 e. The molecule has 0 saturated carbocycles. The molecular weight excluding hydrogens is 298 g/mol. The van der Waals surface area contributed by atoms with Gasteiger partial charge in [0, 0.05) is 29.3 Å². The minimum Gasteiger partial charge on any atom is -0.496 e. The van der Waals surface area contributed by atoms with Crippen LogP contribution in [0.25, 0.3) is 0 Å². The van der Waals surface area contributed by atoms with Gasteiger partial charge in [0.05, 0.1) is 19.3 Å². The van der Waals surface area contributed by atoms with Gasteiger partial charge in [-0.2, -0.15) is 0 Å². The maximum Gasteiger partial charge on any atom is 0.124 e. The van der Waals surface area contributed by atoms with E-state index in [-0.39, 0.29) is 12.1 Å². The van der Waals surface area contributed by atoms with Crippen LogP contribution in [0.3, 0.4) is 0 Å². The van der Waals surface area contributed by atoms with Gasteiger partial charge in [-0.3, -0.25) is 0 Å². The lowest BCUT2D eigenvalue weighted by Crippen LogP contribution is -2.36. The first-order chi connectivity index (χ1) is 11.7. The lowest BCUT2D eigenvalue weighted by Gasteiger charge is -2.44. The molecule has 24 heavy (non-hydrogen) atoms. The van der Waals surface area contributed by atoms with Crippen molar-refractivity contribution >= 4 is 5.69 Å². The van der Waals surface area contributed by atoms with E-state index >= 15 is 0 Å². The lowest BCUT2D eigenvalue weighted by atomic mass is 9.76. The van der Waals surface area contributed by atoms with Gasteiger partial charge in [-0.15, -0.1) is 0 Å². The van der Waals surface area contributed by atoms with Crippen LogP contribution in [0.1, 0.15) is 47.2 Å². The maximum atomic E-state index is 6.26. The van der Waals surface area contributed by atoms with Crippen molar-refractivity contribution in [3.8, 4) is 5.75 Å². The SMILES string of the molecule is COc1ccccc1[C@H]1Nc2c(C)cc(C)cc2[C@H]2OCCC[C@@H]12. The number of rotatable bonds is 2. The second-order valence-corrected chi connectivity index (χ2v) is 7.01. The van der Waals surface area contributed by atoms with Crippen LogP contribution < -0.4 is 10.1 Å². The molecule has 0 aromatic heterocycles. The van der Waals surface area contributed by atoms with E-state index in [1.807, 2.05) is 12.1 Å². The van der Waals surface area contributed by atoms with Crippen LogP contribution in [0.4, 0.5) is 5.69 Å². The summed E-state index contributed by atoms with van der Waals surface area (Å²) in [6, 6.07) is 13.1. The maximum absolute atomic E-state index is 6.26. The van der Waals surface area contributed by atoms with Crippen LogP contribution >= 0.6 is 0 Å². The summed E-state index contributed by atoms with van der Waals surface area (Å²) in [7, 11) is 1.75. The average Bonchev–Trinajstić information content (AvgIpc) is 2.61. The average molecular weight is 323 g/mol. The van der Waals surface area contributed by atoms with Crippen LogP contribution in [-0.2, 0) is 4.74 Å². The van der Waals surface area contributed by atoms with Crippen LogP contribution in [-0.4, -0.2) is 13.7 Å². The van der Waals surface area contributed by atoms with Gasteiger partial charge in [0.1, 0.15) is 5.75 Å². The molecule has 3 heteroatoms. The molecule has 1 saturated heterocycles. The summed E-state index contributed by atoms with van der Waals surface area (Å²) >= 11 is 0. The summed E-state index contributed by atoms with van der Waals surface area (Å²) in [5.74, 6) is 1.39. The number of ether oxygens (including phenoxy) is 2. The molecule has 2 aliphatic rings. The second kappa shape index (κ2) is 6.14. The molecule has 0 amide bonds. The van der Waals surface area contributed by atoms with Crippen molar-refractivity contribution < 1.29 is 9.47 Å². The zero-order valence-corrected chi connectivity index (χ0v) is 14.6. The van der Waals surface area contributed by atoms with Crippen molar-refractivity contribution in [1.29, 1.82) is 0 Å².